The Balaban J connectivity index is 1.51. The van der Waals surface area contributed by atoms with Crippen LogP contribution in [0.15, 0.2) is 60.7 Å². The molecule has 4 aromatic rings. The smallest absolute Gasteiger partial charge is 0.407 e. The van der Waals surface area contributed by atoms with Crippen molar-refractivity contribution in [1.82, 2.24) is 9.80 Å². The summed E-state index contributed by atoms with van der Waals surface area (Å²) >= 11 is 7.82. The van der Waals surface area contributed by atoms with Gasteiger partial charge in [-0.25, -0.2) is 9.18 Å². The number of halogens is 2. The van der Waals surface area contributed by atoms with E-state index in [4.69, 9.17) is 16.3 Å². The topological polar surface area (TPSA) is 90.4 Å². The molecule has 1 fully saturated rings. The molecule has 0 aliphatic heterocycles. The van der Waals surface area contributed by atoms with Crippen LogP contribution in [0.5, 0.6) is 5.75 Å². The number of carboxylic acid groups (broad SMARTS) is 1. The van der Waals surface area contributed by atoms with Crippen LogP contribution in [0.1, 0.15) is 40.9 Å². The lowest BCUT2D eigenvalue weighted by Crippen LogP contribution is -2.46. The molecule has 1 aromatic heterocycles. The molecule has 8 nitrogen and oxygen atoms in total. The van der Waals surface area contributed by atoms with E-state index in [1.165, 1.54) is 15.9 Å². The minimum absolute atomic E-state index is 0.0958. The van der Waals surface area contributed by atoms with Crippen LogP contribution in [0, 0.1) is 5.82 Å². The van der Waals surface area contributed by atoms with Crippen LogP contribution in [-0.4, -0.2) is 66.6 Å². The fourth-order valence-corrected chi connectivity index (χ4v) is 7.34. The Morgan fingerprint density at radius 2 is 1.68 bits per heavy atom. The van der Waals surface area contributed by atoms with Crippen LogP contribution < -0.4 is 9.64 Å². The molecule has 0 radical (unpaired) electrons. The van der Waals surface area contributed by atoms with Gasteiger partial charge in [0.2, 0.25) is 6.41 Å². The van der Waals surface area contributed by atoms with Crippen molar-refractivity contribution in [1.29, 1.82) is 0 Å². The number of nitrogens with zero attached hydrogens (tertiary/aromatic N) is 3. The predicted molar refractivity (Wildman–Crippen MR) is 171 cm³/mol. The van der Waals surface area contributed by atoms with Crippen molar-refractivity contribution in [3.05, 3.63) is 81.9 Å². The van der Waals surface area contributed by atoms with Gasteiger partial charge in [-0.15, -0.1) is 11.3 Å². The quantitative estimate of drug-likeness (QED) is 0.192. The van der Waals surface area contributed by atoms with E-state index < -0.39 is 11.9 Å². The lowest BCUT2D eigenvalue weighted by Gasteiger charge is -2.39. The Hall–Kier alpha value is -4.15. The number of thiophene rings is 1. The Morgan fingerprint density at radius 1 is 1.02 bits per heavy atom. The first kappa shape index (κ1) is 31.3. The maximum Gasteiger partial charge on any atom is 0.407 e. The molecule has 3 amide bonds. The maximum absolute atomic E-state index is 14.7. The van der Waals surface area contributed by atoms with Crippen LogP contribution in [0.4, 0.5) is 14.9 Å². The van der Waals surface area contributed by atoms with Crippen molar-refractivity contribution in [2.24, 2.45) is 0 Å². The molecule has 0 unspecified atom stereocenters. The van der Waals surface area contributed by atoms with Crippen molar-refractivity contribution >= 4 is 57.1 Å². The minimum Gasteiger partial charge on any atom is -0.496 e. The zero-order valence-electron chi connectivity index (χ0n) is 24.6. The Labute approximate surface area is 264 Å². The van der Waals surface area contributed by atoms with Crippen molar-refractivity contribution in [2.45, 2.75) is 44.3 Å². The lowest BCUT2D eigenvalue weighted by atomic mass is 9.89. The van der Waals surface area contributed by atoms with E-state index in [1.54, 1.807) is 38.2 Å². The first-order valence-electron chi connectivity index (χ1n) is 14.2. The van der Waals surface area contributed by atoms with Crippen molar-refractivity contribution in [3.63, 3.8) is 0 Å². The molecule has 1 aliphatic rings. The van der Waals surface area contributed by atoms with E-state index in [0.29, 0.717) is 36.1 Å². The molecule has 44 heavy (non-hydrogen) atoms. The third-order valence-electron chi connectivity index (χ3n) is 8.40. The van der Waals surface area contributed by atoms with Gasteiger partial charge in [-0.1, -0.05) is 35.9 Å². The summed E-state index contributed by atoms with van der Waals surface area (Å²) < 4.78 is 21.0. The molecule has 1 saturated carbocycles. The number of benzene rings is 3. The fourth-order valence-electron chi connectivity index (χ4n) is 5.83. The Bertz CT molecular complexity index is 1690. The van der Waals surface area contributed by atoms with E-state index in [-0.39, 0.29) is 39.8 Å². The molecule has 1 aliphatic carbocycles. The van der Waals surface area contributed by atoms with E-state index in [1.807, 2.05) is 42.5 Å². The summed E-state index contributed by atoms with van der Waals surface area (Å²) in [5, 5.41) is 9.81. The van der Waals surface area contributed by atoms with Gasteiger partial charge in [0.15, 0.2) is 0 Å². The summed E-state index contributed by atoms with van der Waals surface area (Å²) in [6.45, 7) is 0.207. The van der Waals surface area contributed by atoms with Crippen LogP contribution in [0.3, 0.4) is 0 Å². The van der Waals surface area contributed by atoms with Gasteiger partial charge in [0, 0.05) is 54.1 Å². The van der Waals surface area contributed by atoms with Gasteiger partial charge in [0.05, 0.1) is 12.1 Å². The second kappa shape index (κ2) is 13.2. The van der Waals surface area contributed by atoms with Gasteiger partial charge < -0.3 is 24.5 Å². The molecular weight excluding hydrogens is 605 g/mol. The largest absolute Gasteiger partial charge is 0.496 e. The Kier molecular flexibility index (Phi) is 9.41. The second-order valence-corrected chi connectivity index (χ2v) is 12.4. The molecule has 0 bridgehead atoms. The average molecular weight is 638 g/mol. The van der Waals surface area contributed by atoms with Crippen molar-refractivity contribution < 1.29 is 28.6 Å². The SMILES string of the molecule is COc1ccc(-c2ccc(N(C)C=O)cc2)cc1CN(C(=O)c1sc2cccc(F)c2c1Cl)C1CCC(N(C)C(=O)O)CC1. The molecule has 5 rings (SSSR count). The van der Waals surface area contributed by atoms with E-state index in [2.05, 4.69) is 0 Å². The minimum atomic E-state index is -0.979. The number of rotatable bonds is 9. The number of carbonyl (C=O) groups is 3. The molecule has 0 atom stereocenters. The van der Waals surface area contributed by atoms with Gasteiger partial charge in [-0.05, 0) is 73.2 Å². The number of anilines is 1. The first-order valence-corrected chi connectivity index (χ1v) is 15.4. The average Bonchev–Trinajstić information content (AvgIpc) is 3.39. The number of carbonyl (C=O) groups excluding carboxylic acids is 2. The zero-order valence-corrected chi connectivity index (χ0v) is 26.2. The number of ether oxygens (including phenoxy) is 1. The number of hydrogen-bond donors (Lipinski definition) is 1. The fraction of sp³-hybridized carbons (Fsp3) is 0.303. The second-order valence-electron chi connectivity index (χ2n) is 10.9. The van der Waals surface area contributed by atoms with Crippen LogP contribution in [-0.2, 0) is 11.3 Å². The lowest BCUT2D eigenvalue weighted by molar-refractivity contribution is -0.107. The highest BCUT2D eigenvalue weighted by atomic mass is 35.5. The molecule has 1 N–H and O–H groups in total. The van der Waals surface area contributed by atoms with Gasteiger partial charge in [-0.2, -0.15) is 0 Å². The Morgan fingerprint density at radius 3 is 2.30 bits per heavy atom. The molecule has 1 heterocycles. The summed E-state index contributed by atoms with van der Waals surface area (Å²) in [7, 11) is 4.83. The third-order valence-corrected chi connectivity index (χ3v) is 10.0. The maximum atomic E-state index is 14.7. The number of amides is 3. The summed E-state index contributed by atoms with van der Waals surface area (Å²) in [5.74, 6) is -0.178. The van der Waals surface area contributed by atoms with Gasteiger partial charge in [0.1, 0.15) is 16.4 Å². The number of methoxy groups -OCH3 is 1. The molecule has 230 valence electrons. The van der Waals surface area contributed by atoms with Gasteiger partial charge in [-0.3, -0.25) is 9.59 Å². The summed E-state index contributed by atoms with van der Waals surface area (Å²) in [4.78, 5) is 41.9. The third kappa shape index (κ3) is 6.23. The zero-order chi connectivity index (χ0) is 31.5. The van der Waals surface area contributed by atoms with Crippen LogP contribution in [0.25, 0.3) is 21.2 Å². The van der Waals surface area contributed by atoms with Gasteiger partial charge in [0.25, 0.3) is 5.91 Å². The standard InChI is InChI=1S/C33H33ClFN3O5S/c1-36(19-39)23-10-7-20(8-11-23)21-9-16-27(43-3)22(17-21)18-38(25-14-12-24(13-15-25)37(2)33(41)42)32(40)31-30(34)29-26(35)5-4-6-28(29)44-31/h4-11,16-17,19,24-25H,12-15,18H2,1-3H3,(H,41,42). The predicted octanol–water partition coefficient (Wildman–Crippen LogP) is 7.53. The molecule has 0 spiro atoms. The van der Waals surface area contributed by atoms with E-state index in [9.17, 15) is 23.9 Å². The highest BCUT2D eigenvalue weighted by molar-refractivity contribution is 7.21. The normalized spacial score (nSPS) is 16.4. The molecule has 11 heteroatoms. The number of fused-ring (bicyclic) bond motifs is 1. The van der Waals surface area contributed by atoms with E-state index >= 15 is 0 Å². The first-order chi connectivity index (χ1) is 21.1. The summed E-state index contributed by atoms with van der Waals surface area (Å²) in [6, 6.07) is 17.7. The summed E-state index contributed by atoms with van der Waals surface area (Å²) in [6.07, 6.45) is 2.16. The summed E-state index contributed by atoms with van der Waals surface area (Å²) in [5.41, 5.74) is 3.37. The van der Waals surface area contributed by atoms with Crippen molar-refractivity contribution in [2.75, 3.05) is 26.1 Å². The van der Waals surface area contributed by atoms with E-state index in [0.717, 1.165) is 40.1 Å². The van der Waals surface area contributed by atoms with Crippen LogP contribution in [0.2, 0.25) is 5.02 Å². The number of hydrogen-bond acceptors (Lipinski definition) is 5. The van der Waals surface area contributed by atoms with Gasteiger partial charge >= 0.3 is 6.09 Å². The highest BCUT2D eigenvalue weighted by Gasteiger charge is 2.34. The van der Waals surface area contributed by atoms with Crippen LogP contribution >= 0.6 is 22.9 Å². The molecule has 3 aromatic carbocycles. The molecule has 0 saturated heterocycles. The van der Waals surface area contributed by atoms with Crippen molar-refractivity contribution in [3.8, 4) is 16.9 Å². The monoisotopic (exact) mass is 637 g/mol. The highest BCUT2D eigenvalue weighted by Crippen LogP contribution is 2.40. The molecular formula is C33H33ClFN3O5S.